The maximum atomic E-state index is 12.6. The van der Waals surface area contributed by atoms with Crippen LogP contribution in [0.5, 0.6) is 0 Å². The zero-order chi connectivity index (χ0) is 18.4. The lowest BCUT2D eigenvalue weighted by Gasteiger charge is -2.33. The number of ether oxygens (including phenoxy) is 1. The molecule has 25 heavy (non-hydrogen) atoms. The Kier molecular flexibility index (Phi) is 6.75. The van der Waals surface area contributed by atoms with Crippen molar-refractivity contribution in [2.75, 3.05) is 45.2 Å². The van der Waals surface area contributed by atoms with E-state index in [0.29, 0.717) is 12.0 Å². The van der Waals surface area contributed by atoms with Crippen molar-refractivity contribution in [3.63, 3.8) is 0 Å². The first-order valence-corrected chi connectivity index (χ1v) is 8.69. The molecule has 1 saturated heterocycles. The first kappa shape index (κ1) is 19.2. The van der Waals surface area contributed by atoms with Crippen molar-refractivity contribution in [2.24, 2.45) is 5.92 Å². The third-order valence-corrected chi connectivity index (χ3v) is 4.33. The smallest absolute Gasteiger partial charge is 0.328 e. The number of nitrogens with zero attached hydrogens (tertiary/aromatic N) is 3. The number of amides is 1. The number of anilines is 1. The highest BCUT2D eigenvalue weighted by atomic mass is 16.5. The minimum Gasteiger partial charge on any atom is -0.467 e. The molecule has 7 nitrogen and oxygen atoms in total. The summed E-state index contributed by atoms with van der Waals surface area (Å²) in [4.78, 5) is 33.3. The van der Waals surface area contributed by atoms with E-state index in [1.54, 1.807) is 18.3 Å². The van der Waals surface area contributed by atoms with E-state index in [-0.39, 0.29) is 11.8 Å². The van der Waals surface area contributed by atoms with Crippen LogP contribution in [0.1, 0.15) is 30.6 Å². The van der Waals surface area contributed by atoms with Gasteiger partial charge in [-0.05, 0) is 31.5 Å². The number of carbonyl (C=O) groups excluding carboxylic acids is 2. The molecule has 0 bridgehead atoms. The minimum atomic E-state index is -0.641. The molecule has 7 heteroatoms. The highest BCUT2D eigenvalue weighted by molar-refractivity contribution is 5.97. The first-order chi connectivity index (χ1) is 11.9. The van der Waals surface area contributed by atoms with Crippen LogP contribution in [-0.2, 0) is 9.53 Å². The molecule has 138 valence electrons. The van der Waals surface area contributed by atoms with E-state index in [0.717, 1.165) is 32.0 Å². The monoisotopic (exact) mass is 348 g/mol. The number of carbonyl (C=O) groups is 2. The molecule has 0 unspecified atom stereocenters. The van der Waals surface area contributed by atoms with Crippen molar-refractivity contribution in [3.8, 4) is 0 Å². The summed E-state index contributed by atoms with van der Waals surface area (Å²) in [6.45, 7) is 7.70. The molecule has 1 aromatic rings. The lowest BCUT2D eigenvalue weighted by Crippen LogP contribution is -2.45. The Bertz CT molecular complexity index is 598. The fraction of sp³-hybridized carbons (Fsp3) is 0.611. The number of pyridine rings is 1. The van der Waals surface area contributed by atoms with Gasteiger partial charge in [0.15, 0.2) is 0 Å². The fourth-order valence-electron chi connectivity index (χ4n) is 2.84. The maximum Gasteiger partial charge on any atom is 0.328 e. The maximum absolute atomic E-state index is 12.6. The van der Waals surface area contributed by atoms with Gasteiger partial charge in [-0.2, -0.15) is 0 Å². The molecular weight excluding hydrogens is 320 g/mol. The van der Waals surface area contributed by atoms with Crippen molar-refractivity contribution in [1.82, 2.24) is 15.2 Å². The molecule has 1 fully saturated rings. The number of esters is 1. The normalized spacial score (nSPS) is 16.6. The van der Waals surface area contributed by atoms with Gasteiger partial charge in [0.1, 0.15) is 11.9 Å². The highest BCUT2D eigenvalue weighted by Crippen LogP contribution is 2.15. The molecule has 0 radical (unpaired) electrons. The van der Waals surface area contributed by atoms with E-state index in [1.807, 2.05) is 13.8 Å². The fourth-order valence-corrected chi connectivity index (χ4v) is 2.84. The van der Waals surface area contributed by atoms with E-state index in [9.17, 15) is 9.59 Å². The standard InChI is InChI=1S/C18H28N4O3/c1-13(2)11-15(18(24)25-4)20-17(23)14-5-6-19-16(12-14)22-9-7-21(3)8-10-22/h5-6,12-13,15H,7-11H2,1-4H3,(H,20,23)/t15-/m1/s1. The Morgan fingerprint density at radius 3 is 2.56 bits per heavy atom. The summed E-state index contributed by atoms with van der Waals surface area (Å²) in [5.41, 5.74) is 0.501. The number of piperazine rings is 1. The minimum absolute atomic E-state index is 0.266. The molecule has 1 aliphatic heterocycles. The molecule has 2 heterocycles. The van der Waals surface area contributed by atoms with Gasteiger partial charge in [-0.1, -0.05) is 13.8 Å². The number of hydrogen-bond acceptors (Lipinski definition) is 6. The highest BCUT2D eigenvalue weighted by Gasteiger charge is 2.24. The van der Waals surface area contributed by atoms with E-state index < -0.39 is 12.0 Å². The summed E-state index contributed by atoms with van der Waals surface area (Å²) in [7, 11) is 3.43. The Morgan fingerprint density at radius 2 is 1.96 bits per heavy atom. The predicted octanol–water partition coefficient (Wildman–Crippen LogP) is 1.15. The van der Waals surface area contributed by atoms with Crippen LogP contribution in [0.4, 0.5) is 5.82 Å². The Labute approximate surface area is 149 Å². The molecule has 1 aromatic heterocycles. The Morgan fingerprint density at radius 1 is 1.28 bits per heavy atom. The first-order valence-electron chi connectivity index (χ1n) is 8.69. The molecule has 1 aliphatic rings. The van der Waals surface area contributed by atoms with Gasteiger partial charge in [0, 0.05) is 37.9 Å². The molecule has 1 N–H and O–H groups in total. The topological polar surface area (TPSA) is 74.8 Å². The van der Waals surface area contributed by atoms with Crippen molar-refractivity contribution in [3.05, 3.63) is 23.9 Å². The molecule has 1 atom stereocenters. The zero-order valence-electron chi connectivity index (χ0n) is 15.5. The molecule has 2 rings (SSSR count). The summed E-state index contributed by atoms with van der Waals surface area (Å²) >= 11 is 0. The third-order valence-electron chi connectivity index (χ3n) is 4.33. The van der Waals surface area contributed by atoms with Crippen LogP contribution in [0.2, 0.25) is 0 Å². The quantitative estimate of drug-likeness (QED) is 0.778. The molecular formula is C18H28N4O3. The summed E-state index contributed by atoms with van der Waals surface area (Å²) < 4.78 is 4.80. The number of likely N-dealkylation sites (N-methyl/N-ethyl adjacent to an activating group) is 1. The second-order valence-electron chi connectivity index (χ2n) is 6.87. The third kappa shape index (κ3) is 5.42. The lowest BCUT2D eigenvalue weighted by molar-refractivity contribution is -0.143. The number of methoxy groups -OCH3 is 1. The van der Waals surface area contributed by atoms with Crippen LogP contribution in [0.3, 0.4) is 0 Å². The second kappa shape index (κ2) is 8.80. The lowest BCUT2D eigenvalue weighted by atomic mass is 10.0. The number of hydrogen-bond donors (Lipinski definition) is 1. The van der Waals surface area contributed by atoms with E-state index >= 15 is 0 Å². The van der Waals surface area contributed by atoms with Crippen LogP contribution >= 0.6 is 0 Å². The summed E-state index contributed by atoms with van der Waals surface area (Å²) in [6.07, 6.45) is 2.17. The molecule has 0 spiro atoms. The van der Waals surface area contributed by atoms with Crippen LogP contribution < -0.4 is 10.2 Å². The van der Waals surface area contributed by atoms with Crippen LogP contribution in [-0.4, -0.2) is 68.1 Å². The van der Waals surface area contributed by atoms with E-state index in [4.69, 9.17) is 4.74 Å². The van der Waals surface area contributed by atoms with Crippen molar-refractivity contribution in [1.29, 1.82) is 0 Å². The van der Waals surface area contributed by atoms with Gasteiger partial charge in [0.2, 0.25) is 0 Å². The van der Waals surface area contributed by atoms with Crippen molar-refractivity contribution in [2.45, 2.75) is 26.3 Å². The van der Waals surface area contributed by atoms with E-state index in [1.165, 1.54) is 7.11 Å². The molecule has 0 saturated carbocycles. The molecule has 1 amide bonds. The predicted molar refractivity (Wildman–Crippen MR) is 96.7 cm³/mol. The Hall–Kier alpha value is -2.15. The number of nitrogens with one attached hydrogen (secondary N) is 1. The molecule has 0 aromatic carbocycles. The van der Waals surface area contributed by atoms with Crippen molar-refractivity contribution >= 4 is 17.7 Å². The number of aromatic nitrogens is 1. The number of rotatable bonds is 6. The van der Waals surface area contributed by atoms with Crippen LogP contribution in [0.25, 0.3) is 0 Å². The second-order valence-corrected chi connectivity index (χ2v) is 6.87. The Balaban J connectivity index is 2.08. The van der Waals surface area contributed by atoms with Crippen molar-refractivity contribution < 1.29 is 14.3 Å². The van der Waals surface area contributed by atoms with Gasteiger partial charge >= 0.3 is 5.97 Å². The van der Waals surface area contributed by atoms with Crippen LogP contribution in [0.15, 0.2) is 18.3 Å². The van der Waals surface area contributed by atoms with E-state index in [2.05, 4.69) is 27.1 Å². The largest absolute Gasteiger partial charge is 0.467 e. The SMILES string of the molecule is COC(=O)[C@@H](CC(C)C)NC(=O)c1ccnc(N2CCN(C)CC2)c1. The summed E-state index contributed by atoms with van der Waals surface area (Å²) in [5.74, 6) is 0.353. The van der Waals surface area contributed by atoms with Gasteiger partial charge in [-0.25, -0.2) is 9.78 Å². The average Bonchev–Trinajstić information content (AvgIpc) is 2.60. The van der Waals surface area contributed by atoms with Gasteiger partial charge in [-0.3, -0.25) is 4.79 Å². The zero-order valence-corrected chi connectivity index (χ0v) is 15.5. The summed E-state index contributed by atoms with van der Waals surface area (Å²) in [6, 6.07) is 2.81. The average molecular weight is 348 g/mol. The van der Waals surface area contributed by atoms with Gasteiger partial charge in [0.25, 0.3) is 5.91 Å². The van der Waals surface area contributed by atoms with Gasteiger partial charge in [-0.15, -0.1) is 0 Å². The molecule has 0 aliphatic carbocycles. The van der Waals surface area contributed by atoms with Gasteiger partial charge in [0.05, 0.1) is 7.11 Å². The van der Waals surface area contributed by atoms with Crippen LogP contribution in [0, 0.1) is 5.92 Å². The summed E-state index contributed by atoms with van der Waals surface area (Å²) in [5, 5.41) is 2.78. The van der Waals surface area contributed by atoms with Gasteiger partial charge < -0.3 is 19.9 Å².